The van der Waals surface area contributed by atoms with Gasteiger partial charge in [0.15, 0.2) is 5.49 Å². The summed E-state index contributed by atoms with van der Waals surface area (Å²) in [6.45, 7) is 0.575. The smallest absolute Gasteiger partial charge is 0.163 e. The van der Waals surface area contributed by atoms with E-state index in [-0.39, 0.29) is 0 Å². The summed E-state index contributed by atoms with van der Waals surface area (Å²) < 4.78 is 1.02. The van der Waals surface area contributed by atoms with Crippen LogP contribution in [-0.2, 0) is 6.54 Å². The van der Waals surface area contributed by atoms with Gasteiger partial charge in [0.2, 0.25) is 0 Å². The summed E-state index contributed by atoms with van der Waals surface area (Å²) in [5.41, 5.74) is 1.68. The maximum absolute atomic E-state index is 9.41. The van der Waals surface area contributed by atoms with E-state index in [0.717, 1.165) is 10.3 Å². The fourth-order valence-corrected chi connectivity index (χ4v) is 1.31. The second-order valence-electron chi connectivity index (χ2n) is 3.21. The summed E-state index contributed by atoms with van der Waals surface area (Å²) in [7, 11) is 0. The predicted molar refractivity (Wildman–Crippen MR) is 57.3 cm³/mol. The van der Waals surface area contributed by atoms with E-state index < -0.39 is 0 Å². The molecule has 0 amide bonds. The second kappa shape index (κ2) is 4.46. The molecular weight excluding hydrogens is 188 g/mol. The molecule has 3 heteroatoms. The van der Waals surface area contributed by atoms with Gasteiger partial charge in [0.1, 0.15) is 0 Å². The molecule has 15 heavy (non-hydrogen) atoms. The molecule has 0 aliphatic carbocycles. The zero-order valence-corrected chi connectivity index (χ0v) is 8.24. The van der Waals surface area contributed by atoms with Gasteiger partial charge in [-0.2, -0.15) is 4.73 Å². The van der Waals surface area contributed by atoms with Crippen molar-refractivity contribution in [3.8, 4) is 0 Å². The maximum atomic E-state index is 9.41. The molecule has 0 aliphatic heterocycles. The summed E-state index contributed by atoms with van der Waals surface area (Å²) in [6.07, 6.45) is 1.56. The highest BCUT2D eigenvalue weighted by Crippen LogP contribution is 1.98. The van der Waals surface area contributed by atoms with E-state index in [9.17, 15) is 5.21 Å². The highest BCUT2D eigenvalue weighted by atomic mass is 16.5. The Bertz CT molecular complexity index is 488. The first kappa shape index (κ1) is 9.52. The van der Waals surface area contributed by atoms with E-state index in [0.29, 0.717) is 12.0 Å². The zero-order valence-electron chi connectivity index (χ0n) is 8.24. The van der Waals surface area contributed by atoms with Crippen molar-refractivity contribution in [3.63, 3.8) is 0 Å². The highest BCUT2D eigenvalue weighted by Gasteiger charge is 1.89. The van der Waals surface area contributed by atoms with Gasteiger partial charge in [0.25, 0.3) is 0 Å². The van der Waals surface area contributed by atoms with Crippen LogP contribution in [-0.4, -0.2) is 9.94 Å². The van der Waals surface area contributed by atoms with Crippen molar-refractivity contribution in [3.05, 3.63) is 65.8 Å². The maximum Gasteiger partial charge on any atom is 0.163 e. The van der Waals surface area contributed by atoms with Gasteiger partial charge in [-0.15, -0.1) is 0 Å². The monoisotopic (exact) mass is 200 g/mol. The number of hydrogen-bond acceptors (Lipinski definition) is 2. The third kappa shape index (κ3) is 2.47. The minimum atomic E-state index is 0.557. The Morgan fingerprint density at radius 3 is 2.47 bits per heavy atom. The molecule has 2 rings (SSSR count). The van der Waals surface area contributed by atoms with Gasteiger partial charge in [-0.25, -0.2) is 0 Å². The number of hydrogen-bond donors (Lipinski definition) is 1. The molecule has 0 saturated carbocycles. The number of nitrogens with zero attached hydrogens (tertiary/aromatic N) is 2. The Kier molecular flexibility index (Phi) is 2.83. The van der Waals surface area contributed by atoms with Crippen LogP contribution in [0.15, 0.2) is 59.7 Å². The molecule has 0 bridgehead atoms. The minimum absolute atomic E-state index is 0.557. The Morgan fingerprint density at radius 1 is 1.00 bits per heavy atom. The molecule has 0 unspecified atom stereocenters. The van der Waals surface area contributed by atoms with Crippen LogP contribution < -0.4 is 5.49 Å². The van der Waals surface area contributed by atoms with E-state index in [4.69, 9.17) is 0 Å². The second-order valence-corrected chi connectivity index (χ2v) is 3.21. The molecule has 0 radical (unpaired) electrons. The topological polar surface area (TPSA) is 37.5 Å². The fraction of sp³-hybridized carbons (Fsp3) is 0.0833. The van der Waals surface area contributed by atoms with Crippen molar-refractivity contribution in [2.75, 3.05) is 0 Å². The zero-order chi connectivity index (χ0) is 10.5. The van der Waals surface area contributed by atoms with Crippen LogP contribution in [0.2, 0.25) is 0 Å². The third-order valence-corrected chi connectivity index (χ3v) is 2.08. The van der Waals surface area contributed by atoms with Crippen LogP contribution in [0.4, 0.5) is 0 Å². The lowest BCUT2D eigenvalue weighted by molar-refractivity contribution is 0.171. The van der Waals surface area contributed by atoms with E-state index >= 15 is 0 Å². The molecule has 1 N–H and O–H groups in total. The van der Waals surface area contributed by atoms with Crippen LogP contribution in [0.3, 0.4) is 0 Å². The Morgan fingerprint density at radius 2 is 1.73 bits per heavy atom. The van der Waals surface area contributed by atoms with Gasteiger partial charge in [0.05, 0.1) is 6.54 Å². The summed E-state index contributed by atoms with van der Waals surface area (Å²) >= 11 is 0. The van der Waals surface area contributed by atoms with E-state index in [1.54, 1.807) is 18.3 Å². The minimum Gasteiger partial charge on any atom is -0.427 e. The lowest BCUT2D eigenvalue weighted by atomic mass is 10.2. The molecule has 1 heterocycles. The first-order chi connectivity index (χ1) is 7.36. The number of benzene rings is 1. The van der Waals surface area contributed by atoms with Gasteiger partial charge in [-0.3, -0.25) is 4.99 Å². The molecule has 2 aromatic rings. The van der Waals surface area contributed by atoms with Gasteiger partial charge < -0.3 is 5.21 Å². The van der Waals surface area contributed by atoms with Crippen molar-refractivity contribution in [2.24, 2.45) is 4.99 Å². The predicted octanol–water partition coefficient (Wildman–Crippen LogP) is 1.83. The van der Waals surface area contributed by atoms with Crippen LogP contribution in [0.5, 0.6) is 0 Å². The van der Waals surface area contributed by atoms with Gasteiger partial charge in [0, 0.05) is 6.20 Å². The molecule has 0 aliphatic rings. The summed E-state index contributed by atoms with van der Waals surface area (Å²) in [4.78, 5) is 4.29. The van der Waals surface area contributed by atoms with Crippen molar-refractivity contribution in [2.45, 2.75) is 6.54 Å². The Hall–Kier alpha value is -2.03. The molecule has 0 atom stereocenters. The lowest BCUT2D eigenvalue weighted by Gasteiger charge is -1.98. The van der Waals surface area contributed by atoms with Gasteiger partial charge in [-0.05, 0) is 17.7 Å². The molecule has 0 spiro atoms. The number of aromatic nitrogens is 1. The lowest BCUT2D eigenvalue weighted by Crippen LogP contribution is -2.17. The Labute approximate surface area is 87.9 Å². The van der Waals surface area contributed by atoms with Crippen molar-refractivity contribution in [1.29, 1.82) is 0 Å². The largest absolute Gasteiger partial charge is 0.427 e. The van der Waals surface area contributed by atoms with Crippen LogP contribution in [0.25, 0.3) is 0 Å². The summed E-state index contributed by atoms with van der Waals surface area (Å²) in [5.74, 6) is 0. The molecule has 76 valence electrons. The van der Waals surface area contributed by atoms with Crippen molar-refractivity contribution < 1.29 is 5.21 Å². The van der Waals surface area contributed by atoms with Crippen LogP contribution >= 0.6 is 0 Å². The standard InChI is InChI=1S/C12H12N2O/c15-14-9-5-4-8-12(14)13-10-11-6-2-1-3-7-11/h1-9,15H,10H2. The molecule has 3 nitrogen and oxygen atoms in total. The highest BCUT2D eigenvalue weighted by molar-refractivity contribution is 5.14. The SMILES string of the molecule is On1ccccc1=NCc1ccccc1. The van der Waals surface area contributed by atoms with Gasteiger partial charge in [-0.1, -0.05) is 36.4 Å². The fourth-order valence-electron chi connectivity index (χ4n) is 1.31. The average molecular weight is 200 g/mol. The molecule has 0 fully saturated rings. The third-order valence-electron chi connectivity index (χ3n) is 2.08. The number of rotatable bonds is 2. The van der Waals surface area contributed by atoms with E-state index in [2.05, 4.69) is 4.99 Å². The molecular formula is C12H12N2O. The Balaban J connectivity index is 2.23. The normalized spacial score (nSPS) is 11.6. The van der Waals surface area contributed by atoms with Crippen molar-refractivity contribution in [1.82, 2.24) is 4.73 Å². The first-order valence-corrected chi connectivity index (χ1v) is 4.77. The van der Waals surface area contributed by atoms with Gasteiger partial charge >= 0.3 is 0 Å². The molecule has 1 aromatic heterocycles. The molecule has 1 aromatic carbocycles. The van der Waals surface area contributed by atoms with E-state index in [1.165, 1.54) is 0 Å². The van der Waals surface area contributed by atoms with Crippen molar-refractivity contribution >= 4 is 0 Å². The first-order valence-electron chi connectivity index (χ1n) is 4.77. The summed E-state index contributed by atoms with van der Waals surface area (Å²) in [6, 6.07) is 15.3. The average Bonchev–Trinajstić information content (AvgIpc) is 2.29. The van der Waals surface area contributed by atoms with E-state index in [1.807, 2.05) is 36.4 Å². The molecule has 0 saturated heterocycles. The van der Waals surface area contributed by atoms with Crippen LogP contribution in [0, 0.1) is 0 Å². The number of pyridine rings is 1. The summed E-state index contributed by atoms with van der Waals surface area (Å²) in [5, 5.41) is 9.41. The van der Waals surface area contributed by atoms with Crippen LogP contribution in [0.1, 0.15) is 5.56 Å². The quantitative estimate of drug-likeness (QED) is 0.738.